The maximum Gasteiger partial charge on any atom is 0.260 e. The maximum atomic E-state index is 18.7. The van der Waals surface area contributed by atoms with Gasteiger partial charge in [-0.3, -0.25) is 0 Å². The van der Waals surface area contributed by atoms with Crippen molar-refractivity contribution >= 4 is 235 Å². The molecule has 0 saturated carbocycles. The van der Waals surface area contributed by atoms with Crippen LogP contribution in [0.3, 0.4) is 0 Å². The molecule has 0 spiro atoms. The second-order valence-electron chi connectivity index (χ2n) is 31.0. The molecule has 16 aromatic carbocycles. The minimum absolute atomic E-state index is 0.261. The SMILES string of the molecule is Fc1cccc(F)c1N1c2cc3c(cc2B2c4ccccc4Oc4c2c1c1c2ccccc2n2c5ccccc5c4c12)B1c2cc4c(cc2N(c2c(F)cccc2F)c2c1c(c1c5ccccc5n5c6ccccc6c2c15)N3c1c(F)cccc1F)Oc1c2c(c3c5ccccc5n5c6ccccc6c1c35)Oc1ccccc1B42. The Kier molecular flexibility index (Phi) is 10.9. The number of anilines is 9. The fourth-order valence-corrected chi connectivity index (χ4v) is 21.9. The topological polar surface area (TPSA) is 50.6 Å². The molecule has 0 saturated heterocycles. The van der Waals surface area contributed by atoms with Gasteiger partial charge in [-0.25, -0.2) is 26.3 Å². The minimum Gasteiger partial charge on any atom is -0.458 e. The summed E-state index contributed by atoms with van der Waals surface area (Å²) in [7, 11) is 0. The molecule has 528 valence electrons. The van der Waals surface area contributed by atoms with Crippen LogP contribution in [0, 0.1) is 34.9 Å². The monoisotopic (exact) mass is 1480 g/mol. The Labute approximate surface area is 641 Å². The first-order valence-corrected chi connectivity index (χ1v) is 38.1. The molecule has 0 unspecified atom stereocenters. The van der Waals surface area contributed by atoms with Gasteiger partial charge in [-0.2, -0.15) is 0 Å². The summed E-state index contributed by atoms with van der Waals surface area (Å²) >= 11 is 0. The van der Waals surface area contributed by atoms with Crippen molar-refractivity contribution < 1.29 is 40.6 Å². The summed E-state index contributed by atoms with van der Waals surface area (Å²) in [4.78, 5) is 5.05. The zero-order chi connectivity index (χ0) is 74.6. The summed E-state index contributed by atoms with van der Waals surface area (Å²) in [5.74, 6) is -2.03. The predicted octanol–water partition coefficient (Wildman–Crippen LogP) is 19.2. The lowest BCUT2D eigenvalue weighted by Crippen LogP contribution is -2.66. The van der Waals surface area contributed by atoms with Gasteiger partial charge in [-0.1, -0.05) is 176 Å². The van der Waals surface area contributed by atoms with Crippen molar-refractivity contribution in [2.24, 2.45) is 0 Å². The molecule has 0 bridgehead atoms. The lowest BCUT2D eigenvalue weighted by atomic mass is 9.29. The average Bonchev–Trinajstić information content (AvgIpc) is 1.30. The third-order valence-corrected chi connectivity index (χ3v) is 25.9. The van der Waals surface area contributed by atoms with E-state index in [1.165, 1.54) is 54.6 Å². The van der Waals surface area contributed by atoms with Crippen LogP contribution in [0.15, 0.2) is 273 Å². The molecule has 6 aromatic heterocycles. The summed E-state index contributed by atoms with van der Waals surface area (Å²) in [6, 6.07) is 84.4. The number of nitrogens with zero attached hydrogens (tertiary/aromatic N) is 6. The van der Waals surface area contributed by atoms with E-state index in [1.54, 1.807) is 14.7 Å². The number of rotatable bonds is 3. The normalized spacial score (nSPS) is 14.2. The summed E-state index contributed by atoms with van der Waals surface area (Å²) in [6.45, 7) is -2.44. The largest absolute Gasteiger partial charge is 0.458 e. The molecule has 0 aliphatic carbocycles. The number of benzene rings is 16. The number of ether oxygens (including phenoxy) is 3. The summed E-state index contributed by atoms with van der Waals surface area (Å²) < 4.78 is 141. The van der Waals surface area contributed by atoms with E-state index < -0.39 is 66.4 Å². The highest BCUT2D eigenvalue weighted by atomic mass is 19.2. The van der Waals surface area contributed by atoms with E-state index in [-0.39, 0.29) is 11.4 Å². The summed E-state index contributed by atoms with van der Waals surface area (Å²) in [6.07, 6.45) is 0. The standard InChI is InChI=1S/C96H45B3F6N6O3/c100-58-28-17-29-59(101)85(58)109-71-44-70-54(97-52-26-7-15-40-73(52)112-94-79-49-23-4-12-37-67(49)107-66-36-11-3-22-48(66)78(89(79)107)93(83(94)97)110(70)86-60(102)30-18-31-61(86)103)42-55(71)99-56-43-57-75(114-96-81-51-25-6-14-39-69(51)108-68-38-13-5-24-50(68)80(90(81)108)95-84(96)98(57)53-27-8-16-41-74(53)113-95)45-72(56)111(87-62(104)32-19-33-63(87)105)92-77-47-21-2-10-35-65(47)106-64-34-9-1-20-46(64)76(88(77)106)91(109)82(92)99/h1-45H. The molecule has 0 fully saturated rings. The molecule has 0 N–H and O–H groups in total. The van der Waals surface area contributed by atoms with Crippen molar-refractivity contribution in [1.82, 2.24) is 13.2 Å². The van der Waals surface area contributed by atoms with Gasteiger partial charge >= 0.3 is 0 Å². The molecule has 6 aliphatic heterocycles. The van der Waals surface area contributed by atoms with E-state index in [1.807, 2.05) is 158 Å². The first kappa shape index (κ1) is 60.3. The maximum absolute atomic E-state index is 18.7. The van der Waals surface area contributed by atoms with Crippen LogP contribution >= 0.6 is 0 Å². The van der Waals surface area contributed by atoms with Gasteiger partial charge in [0.15, 0.2) is 0 Å². The molecule has 18 heteroatoms. The van der Waals surface area contributed by atoms with Crippen molar-refractivity contribution in [2.75, 3.05) is 14.7 Å². The number of para-hydroxylation sites is 11. The van der Waals surface area contributed by atoms with Crippen molar-refractivity contribution in [3.05, 3.63) is 308 Å². The zero-order valence-electron chi connectivity index (χ0n) is 59.4. The molecule has 0 atom stereocenters. The van der Waals surface area contributed by atoms with Crippen LogP contribution in [-0.2, 0) is 0 Å². The molecule has 9 nitrogen and oxygen atoms in total. The Morgan fingerprint density at radius 3 is 0.895 bits per heavy atom. The summed E-state index contributed by atoms with van der Waals surface area (Å²) in [5.41, 5.74) is 14.3. The van der Waals surface area contributed by atoms with Gasteiger partial charge in [-0.15, -0.1) is 0 Å². The van der Waals surface area contributed by atoms with Crippen molar-refractivity contribution in [3.8, 4) is 34.5 Å². The van der Waals surface area contributed by atoms with Gasteiger partial charge in [0.2, 0.25) is 0 Å². The van der Waals surface area contributed by atoms with Gasteiger partial charge < -0.3 is 42.1 Å². The van der Waals surface area contributed by atoms with Crippen LogP contribution in [0.4, 0.5) is 77.5 Å². The van der Waals surface area contributed by atoms with Crippen LogP contribution < -0.4 is 78.1 Å². The van der Waals surface area contributed by atoms with Gasteiger partial charge in [0.25, 0.3) is 20.1 Å². The van der Waals surface area contributed by atoms with Crippen molar-refractivity contribution in [3.63, 3.8) is 0 Å². The minimum atomic E-state index is -1.04. The Morgan fingerprint density at radius 1 is 0.219 bits per heavy atom. The Morgan fingerprint density at radius 2 is 0.500 bits per heavy atom. The first-order chi connectivity index (χ1) is 56.2. The molecule has 114 heavy (non-hydrogen) atoms. The highest BCUT2D eigenvalue weighted by molar-refractivity contribution is 7.04. The van der Waals surface area contributed by atoms with Crippen LogP contribution in [-0.4, -0.2) is 33.3 Å². The summed E-state index contributed by atoms with van der Waals surface area (Å²) in [5, 5.41) is 9.65. The lowest BCUT2D eigenvalue weighted by Gasteiger charge is -2.47. The van der Waals surface area contributed by atoms with Crippen LogP contribution in [0.2, 0.25) is 0 Å². The Hall–Kier alpha value is -14.5. The second-order valence-corrected chi connectivity index (χ2v) is 31.0. The average molecular weight is 1480 g/mol. The van der Waals surface area contributed by atoms with E-state index >= 15 is 26.3 Å². The molecule has 22 aromatic rings. The first-order valence-electron chi connectivity index (χ1n) is 38.1. The molecular weight excluding hydrogens is 1430 g/mol. The van der Waals surface area contributed by atoms with Crippen molar-refractivity contribution in [2.45, 2.75) is 0 Å². The third-order valence-electron chi connectivity index (χ3n) is 25.9. The highest BCUT2D eigenvalue weighted by Gasteiger charge is 2.54. The fourth-order valence-electron chi connectivity index (χ4n) is 21.9. The molecule has 0 amide bonds. The van der Waals surface area contributed by atoms with E-state index in [0.717, 1.165) is 109 Å². The van der Waals surface area contributed by atoms with Crippen LogP contribution in [0.25, 0.3) is 114 Å². The number of aromatic nitrogens is 3. The Balaban J connectivity index is 0.843. The van der Waals surface area contributed by atoms with E-state index in [4.69, 9.17) is 14.2 Å². The second kappa shape index (κ2) is 20.5. The predicted molar refractivity (Wildman–Crippen MR) is 448 cm³/mol. The molecule has 28 rings (SSSR count). The number of halogens is 6. The van der Waals surface area contributed by atoms with E-state index in [9.17, 15) is 0 Å². The van der Waals surface area contributed by atoms with Crippen LogP contribution in [0.5, 0.6) is 34.5 Å². The van der Waals surface area contributed by atoms with Crippen LogP contribution in [0.1, 0.15) is 0 Å². The number of hydrogen-bond acceptors (Lipinski definition) is 6. The van der Waals surface area contributed by atoms with E-state index in [0.29, 0.717) is 117 Å². The smallest absolute Gasteiger partial charge is 0.260 e. The molecular formula is C96H45B3F6N6O3. The van der Waals surface area contributed by atoms with Gasteiger partial charge in [0.1, 0.15) is 86.5 Å². The lowest BCUT2D eigenvalue weighted by molar-refractivity contribution is 0.472. The Bertz CT molecular complexity index is 8290. The van der Waals surface area contributed by atoms with Gasteiger partial charge in [0.05, 0.1) is 82.9 Å². The quantitative estimate of drug-likeness (QED) is 0.130. The number of fused-ring (bicyclic) bond motifs is 36. The van der Waals surface area contributed by atoms with E-state index in [2.05, 4.69) is 73.9 Å². The fraction of sp³-hybridized carbons (Fsp3) is 0. The molecule has 0 radical (unpaired) electrons. The molecule has 12 heterocycles. The molecule has 6 aliphatic rings. The number of hydrogen-bond donors (Lipinski definition) is 0. The zero-order valence-corrected chi connectivity index (χ0v) is 59.4. The van der Waals surface area contributed by atoms with Gasteiger partial charge in [0, 0.05) is 77.1 Å². The third kappa shape index (κ3) is 6.87. The van der Waals surface area contributed by atoms with Gasteiger partial charge in [-0.05, 0) is 135 Å². The highest BCUT2D eigenvalue weighted by Crippen LogP contribution is 2.60. The van der Waals surface area contributed by atoms with Crippen molar-refractivity contribution in [1.29, 1.82) is 0 Å².